The molecule has 0 unspecified atom stereocenters. The molecule has 0 radical (unpaired) electrons. The summed E-state index contributed by atoms with van der Waals surface area (Å²) in [6, 6.07) is 0. The van der Waals surface area contributed by atoms with Crippen LogP contribution in [0.3, 0.4) is 0 Å². The summed E-state index contributed by atoms with van der Waals surface area (Å²) in [5, 5.41) is 2.84. The van der Waals surface area contributed by atoms with Crippen LogP contribution in [0.15, 0.2) is 0 Å². The monoisotopic (exact) mass is 242 g/mol. The number of carbonyl (C=O) groups is 2. The van der Waals surface area contributed by atoms with E-state index in [1.807, 2.05) is 6.92 Å². The van der Waals surface area contributed by atoms with E-state index in [9.17, 15) is 9.59 Å². The van der Waals surface area contributed by atoms with E-state index in [0.717, 1.165) is 26.1 Å². The van der Waals surface area contributed by atoms with Gasteiger partial charge in [-0.1, -0.05) is 6.92 Å². The Balaban J connectivity index is 2.23. The lowest BCUT2D eigenvalue weighted by atomic mass is 10.3. The molecule has 1 rings (SSSR count). The SMILES string of the molecule is CCCNC(=O)CN1CCN(C(=O)CN)CC1. The van der Waals surface area contributed by atoms with Gasteiger partial charge in [-0.2, -0.15) is 0 Å². The molecule has 6 nitrogen and oxygen atoms in total. The maximum atomic E-state index is 11.5. The largest absolute Gasteiger partial charge is 0.355 e. The van der Waals surface area contributed by atoms with E-state index in [1.54, 1.807) is 4.90 Å². The third-order valence-corrected chi connectivity index (χ3v) is 2.84. The Bertz CT molecular complexity index is 262. The summed E-state index contributed by atoms with van der Waals surface area (Å²) in [7, 11) is 0. The molecule has 0 bridgehead atoms. The average Bonchev–Trinajstić information content (AvgIpc) is 2.36. The van der Waals surface area contributed by atoms with Gasteiger partial charge in [-0.05, 0) is 6.42 Å². The Labute approximate surface area is 102 Å². The lowest BCUT2D eigenvalue weighted by Crippen LogP contribution is -2.52. The number of amides is 2. The second-order valence-corrected chi connectivity index (χ2v) is 4.21. The zero-order chi connectivity index (χ0) is 12.7. The van der Waals surface area contributed by atoms with Gasteiger partial charge < -0.3 is 16.0 Å². The third-order valence-electron chi connectivity index (χ3n) is 2.84. The number of hydrogen-bond acceptors (Lipinski definition) is 4. The Kier molecular flexibility index (Phi) is 5.93. The van der Waals surface area contributed by atoms with Gasteiger partial charge in [-0.3, -0.25) is 14.5 Å². The van der Waals surface area contributed by atoms with Crippen LogP contribution in [0.25, 0.3) is 0 Å². The van der Waals surface area contributed by atoms with Crippen molar-refractivity contribution >= 4 is 11.8 Å². The first-order chi connectivity index (χ1) is 8.17. The zero-order valence-electron chi connectivity index (χ0n) is 10.4. The van der Waals surface area contributed by atoms with Gasteiger partial charge in [0.2, 0.25) is 11.8 Å². The van der Waals surface area contributed by atoms with Crippen LogP contribution >= 0.6 is 0 Å². The normalized spacial score (nSPS) is 16.9. The molecule has 0 aromatic carbocycles. The standard InChI is InChI=1S/C11H22N4O2/c1-2-3-13-10(16)9-14-4-6-15(7-5-14)11(17)8-12/h2-9,12H2,1H3,(H,13,16). The molecule has 0 atom stereocenters. The van der Waals surface area contributed by atoms with E-state index in [4.69, 9.17) is 5.73 Å². The Morgan fingerprint density at radius 1 is 1.24 bits per heavy atom. The molecular weight excluding hydrogens is 220 g/mol. The number of rotatable bonds is 5. The fourth-order valence-corrected chi connectivity index (χ4v) is 1.81. The van der Waals surface area contributed by atoms with E-state index in [2.05, 4.69) is 10.2 Å². The third kappa shape index (κ3) is 4.70. The first kappa shape index (κ1) is 13.9. The number of piperazine rings is 1. The van der Waals surface area contributed by atoms with E-state index in [0.29, 0.717) is 19.6 Å². The summed E-state index contributed by atoms with van der Waals surface area (Å²) < 4.78 is 0. The van der Waals surface area contributed by atoms with Crippen molar-refractivity contribution in [3.8, 4) is 0 Å². The summed E-state index contributed by atoms with van der Waals surface area (Å²) >= 11 is 0. The Morgan fingerprint density at radius 2 is 1.88 bits per heavy atom. The quantitative estimate of drug-likeness (QED) is 0.622. The molecular formula is C11H22N4O2. The Hall–Kier alpha value is -1.14. The molecule has 3 N–H and O–H groups in total. The summed E-state index contributed by atoms with van der Waals surface area (Å²) in [5.74, 6) is 0.0468. The predicted molar refractivity (Wildman–Crippen MR) is 65.4 cm³/mol. The van der Waals surface area contributed by atoms with Gasteiger partial charge in [0.1, 0.15) is 0 Å². The van der Waals surface area contributed by atoms with Gasteiger partial charge >= 0.3 is 0 Å². The van der Waals surface area contributed by atoms with Crippen LogP contribution in [0.1, 0.15) is 13.3 Å². The van der Waals surface area contributed by atoms with Crippen LogP contribution in [0, 0.1) is 0 Å². The van der Waals surface area contributed by atoms with Gasteiger partial charge in [-0.15, -0.1) is 0 Å². The van der Waals surface area contributed by atoms with Crippen molar-refractivity contribution in [3.05, 3.63) is 0 Å². The van der Waals surface area contributed by atoms with Gasteiger partial charge in [0.05, 0.1) is 13.1 Å². The molecule has 0 aromatic rings. The van der Waals surface area contributed by atoms with Gasteiger partial charge in [-0.25, -0.2) is 0 Å². The molecule has 2 amide bonds. The van der Waals surface area contributed by atoms with Crippen molar-refractivity contribution in [1.29, 1.82) is 0 Å². The second kappa shape index (κ2) is 7.24. The van der Waals surface area contributed by atoms with Crippen LogP contribution in [0.2, 0.25) is 0 Å². The highest BCUT2D eigenvalue weighted by molar-refractivity contribution is 5.79. The van der Waals surface area contributed by atoms with E-state index >= 15 is 0 Å². The van der Waals surface area contributed by atoms with E-state index < -0.39 is 0 Å². The molecule has 0 aliphatic carbocycles. The first-order valence-corrected chi connectivity index (χ1v) is 6.14. The van der Waals surface area contributed by atoms with Gasteiger partial charge in [0.15, 0.2) is 0 Å². The summed E-state index contributed by atoms with van der Waals surface area (Å²) in [6.07, 6.45) is 0.949. The first-order valence-electron chi connectivity index (χ1n) is 6.14. The highest BCUT2D eigenvalue weighted by atomic mass is 16.2. The zero-order valence-corrected chi connectivity index (χ0v) is 10.4. The summed E-state index contributed by atoms with van der Waals surface area (Å²) in [6.45, 7) is 6.05. The molecule has 0 saturated carbocycles. The minimum Gasteiger partial charge on any atom is -0.355 e. The summed E-state index contributed by atoms with van der Waals surface area (Å²) in [5.41, 5.74) is 5.30. The fraction of sp³-hybridized carbons (Fsp3) is 0.818. The van der Waals surface area contributed by atoms with Crippen molar-refractivity contribution < 1.29 is 9.59 Å². The molecule has 1 heterocycles. The lowest BCUT2D eigenvalue weighted by Gasteiger charge is -2.34. The van der Waals surface area contributed by atoms with E-state index in [1.165, 1.54) is 0 Å². The van der Waals surface area contributed by atoms with Gasteiger partial charge in [0.25, 0.3) is 0 Å². The highest BCUT2D eigenvalue weighted by Gasteiger charge is 2.21. The topological polar surface area (TPSA) is 78.7 Å². The van der Waals surface area contributed by atoms with Crippen LogP contribution in [0.4, 0.5) is 0 Å². The van der Waals surface area contributed by atoms with Crippen LogP contribution in [-0.2, 0) is 9.59 Å². The number of nitrogens with two attached hydrogens (primary N) is 1. The summed E-state index contributed by atoms with van der Waals surface area (Å²) in [4.78, 5) is 26.6. The minimum atomic E-state index is -0.0138. The van der Waals surface area contributed by atoms with Crippen LogP contribution in [-0.4, -0.2) is 67.4 Å². The molecule has 1 saturated heterocycles. The maximum Gasteiger partial charge on any atom is 0.236 e. The highest BCUT2D eigenvalue weighted by Crippen LogP contribution is 2.01. The van der Waals surface area contributed by atoms with Crippen LogP contribution < -0.4 is 11.1 Å². The van der Waals surface area contributed by atoms with Crippen molar-refractivity contribution in [1.82, 2.24) is 15.1 Å². The molecule has 1 fully saturated rings. The second-order valence-electron chi connectivity index (χ2n) is 4.21. The average molecular weight is 242 g/mol. The molecule has 1 aliphatic heterocycles. The molecule has 1 aliphatic rings. The molecule has 6 heteroatoms. The molecule has 98 valence electrons. The molecule has 0 spiro atoms. The van der Waals surface area contributed by atoms with Crippen molar-refractivity contribution in [3.63, 3.8) is 0 Å². The van der Waals surface area contributed by atoms with E-state index in [-0.39, 0.29) is 18.4 Å². The van der Waals surface area contributed by atoms with Crippen molar-refractivity contribution in [2.45, 2.75) is 13.3 Å². The van der Waals surface area contributed by atoms with Crippen molar-refractivity contribution in [2.24, 2.45) is 5.73 Å². The number of nitrogens with one attached hydrogen (secondary N) is 1. The number of hydrogen-bond donors (Lipinski definition) is 2. The number of carbonyl (C=O) groups excluding carboxylic acids is 2. The molecule has 0 aromatic heterocycles. The maximum absolute atomic E-state index is 11.5. The van der Waals surface area contributed by atoms with Crippen molar-refractivity contribution in [2.75, 3.05) is 45.8 Å². The lowest BCUT2D eigenvalue weighted by molar-refractivity contribution is -0.131. The van der Waals surface area contributed by atoms with Crippen LogP contribution in [0.5, 0.6) is 0 Å². The fourth-order valence-electron chi connectivity index (χ4n) is 1.81. The molecule has 17 heavy (non-hydrogen) atoms. The number of nitrogens with zero attached hydrogens (tertiary/aromatic N) is 2. The van der Waals surface area contributed by atoms with Gasteiger partial charge in [0, 0.05) is 32.7 Å². The minimum absolute atomic E-state index is 0.0138. The Morgan fingerprint density at radius 3 is 2.41 bits per heavy atom. The smallest absolute Gasteiger partial charge is 0.236 e. The predicted octanol–water partition coefficient (Wildman–Crippen LogP) is -1.38.